The smallest absolute Gasteiger partial charge is 0.337 e. The predicted octanol–water partition coefficient (Wildman–Crippen LogP) is 1.38. The van der Waals surface area contributed by atoms with Gasteiger partial charge in [-0.05, 0) is 30.5 Å². The van der Waals surface area contributed by atoms with E-state index < -0.39 is 30.1 Å². The average molecular weight is 360 g/mol. The number of benzene rings is 1. The lowest BCUT2D eigenvalue weighted by Crippen LogP contribution is -2.44. The van der Waals surface area contributed by atoms with Crippen LogP contribution in [-0.4, -0.2) is 48.0 Å². The fraction of sp³-hybridized carbons (Fsp3) is 0.444. The van der Waals surface area contributed by atoms with Gasteiger partial charge in [-0.15, -0.1) is 0 Å². The Morgan fingerprint density at radius 2 is 1.81 bits per heavy atom. The highest BCUT2D eigenvalue weighted by atomic mass is 16.5. The van der Waals surface area contributed by atoms with E-state index in [2.05, 4.69) is 10.1 Å². The lowest BCUT2D eigenvalue weighted by Gasteiger charge is -2.19. The van der Waals surface area contributed by atoms with Crippen LogP contribution in [0.4, 0.5) is 4.79 Å². The van der Waals surface area contributed by atoms with Crippen molar-refractivity contribution in [3.05, 3.63) is 35.4 Å². The van der Waals surface area contributed by atoms with Gasteiger partial charge in [0.05, 0.1) is 12.7 Å². The lowest BCUT2D eigenvalue weighted by atomic mass is 9.98. The van der Waals surface area contributed by atoms with E-state index in [4.69, 9.17) is 4.74 Å². The molecule has 1 aromatic carbocycles. The molecule has 1 heterocycles. The van der Waals surface area contributed by atoms with Gasteiger partial charge in [-0.1, -0.05) is 25.0 Å². The second-order valence-corrected chi connectivity index (χ2v) is 6.46. The predicted molar refractivity (Wildman–Crippen MR) is 89.0 cm³/mol. The van der Waals surface area contributed by atoms with E-state index in [0.717, 1.165) is 17.7 Å². The normalized spacial score (nSPS) is 18.1. The molecule has 1 N–H and O–H groups in total. The largest absolute Gasteiger partial charge is 0.465 e. The topological polar surface area (TPSA) is 102 Å². The van der Waals surface area contributed by atoms with Crippen molar-refractivity contribution in [2.45, 2.75) is 37.8 Å². The summed E-state index contributed by atoms with van der Waals surface area (Å²) < 4.78 is 9.74. The van der Waals surface area contributed by atoms with Crippen molar-refractivity contribution >= 4 is 23.9 Å². The first-order valence-corrected chi connectivity index (χ1v) is 8.42. The summed E-state index contributed by atoms with van der Waals surface area (Å²) in [6.07, 6.45) is 2.98. The molecule has 0 aromatic heterocycles. The molecule has 1 aliphatic heterocycles. The number of rotatable bonds is 5. The molecule has 2 fully saturated rings. The number of nitrogens with zero attached hydrogens (tertiary/aromatic N) is 1. The van der Waals surface area contributed by atoms with Crippen molar-refractivity contribution in [1.82, 2.24) is 10.2 Å². The van der Waals surface area contributed by atoms with E-state index in [1.165, 1.54) is 7.11 Å². The Balaban J connectivity index is 1.53. The van der Waals surface area contributed by atoms with Gasteiger partial charge in [-0.2, -0.15) is 0 Å². The van der Waals surface area contributed by atoms with Crippen LogP contribution >= 0.6 is 0 Å². The lowest BCUT2D eigenvalue weighted by molar-refractivity contribution is -0.148. The van der Waals surface area contributed by atoms with Crippen LogP contribution in [0.25, 0.3) is 0 Å². The average Bonchev–Trinajstić information content (AvgIpc) is 3.20. The molecule has 1 aromatic rings. The molecule has 8 nitrogen and oxygen atoms in total. The SMILES string of the molecule is COC(=O)c1ccc(COC(=O)CN2C(=O)NC3(CCCC3)C2=O)cc1. The molecule has 26 heavy (non-hydrogen) atoms. The van der Waals surface area contributed by atoms with Gasteiger partial charge in [0.25, 0.3) is 5.91 Å². The monoisotopic (exact) mass is 360 g/mol. The third kappa shape index (κ3) is 3.40. The van der Waals surface area contributed by atoms with Gasteiger partial charge in [0.15, 0.2) is 0 Å². The fourth-order valence-electron chi connectivity index (χ4n) is 3.33. The zero-order valence-electron chi connectivity index (χ0n) is 14.4. The summed E-state index contributed by atoms with van der Waals surface area (Å²) in [5.41, 5.74) is 0.236. The van der Waals surface area contributed by atoms with Crippen LogP contribution in [0.15, 0.2) is 24.3 Å². The van der Waals surface area contributed by atoms with E-state index in [9.17, 15) is 19.2 Å². The van der Waals surface area contributed by atoms with Gasteiger partial charge in [0, 0.05) is 0 Å². The van der Waals surface area contributed by atoms with Crippen LogP contribution in [0.5, 0.6) is 0 Å². The van der Waals surface area contributed by atoms with Crippen LogP contribution in [0.1, 0.15) is 41.6 Å². The molecular formula is C18H20N2O6. The number of urea groups is 1. The van der Waals surface area contributed by atoms with E-state index in [1.54, 1.807) is 24.3 Å². The quantitative estimate of drug-likeness (QED) is 0.629. The highest BCUT2D eigenvalue weighted by Gasteiger charge is 2.52. The number of esters is 2. The third-order valence-electron chi connectivity index (χ3n) is 4.77. The van der Waals surface area contributed by atoms with Crippen molar-refractivity contribution in [3.63, 3.8) is 0 Å². The van der Waals surface area contributed by atoms with Gasteiger partial charge in [-0.3, -0.25) is 14.5 Å². The molecule has 3 rings (SSSR count). The maximum Gasteiger partial charge on any atom is 0.337 e. The van der Waals surface area contributed by atoms with Gasteiger partial charge in [0.1, 0.15) is 18.7 Å². The summed E-state index contributed by atoms with van der Waals surface area (Å²) in [6.45, 7) is -0.429. The summed E-state index contributed by atoms with van der Waals surface area (Å²) in [7, 11) is 1.30. The van der Waals surface area contributed by atoms with Crippen molar-refractivity contribution < 1.29 is 28.7 Å². The van der Waals surface area contributed by atoms with Gasteiger partial charge < -0.3 is 14.8 Å². The number of carbonyl (C=O) groups is 4. The van der Waals surface area contributed by atoms with Crippen LogP contribution in [0.3, 0.4) is 0 Å². The maximum atomic E-state index is 12.5. The molecule has 0 bridgehead atoms. The number of amides is 3. The molecule has 3 amide bonds. The van der Waals surface area contributed by atoms with Crippen molar-refractivity contribution in [3.8, 4) is 0 Å². The van der Waals surface area contributed by atoms with E-state index in [1.807, 2.05) is 0 Å². The Morgan fingerprint density at radius 1 is 1.15 bits per heavy atom. The maximum absolute atomic E-state index is 12.5. The number of hydrogen-bond donors (Lipinski definition) is 1. The number of ether oxygens (including phenoxy) is 2. The van der Waals surface area contributed by atoms with Crippen molar-refractivity contribution in [2.75, 3.05) is 13.7 Å². The Kier molecular flexibility index (Phi) is 4.92. The minimum atomic E-state index is -0.832. The van der Waals surface area contributed by atoms with Crippen LogP contribution in [0.2, 0.25) is 0 Å². The van der Waals surface area contributed by atoms with Crippen molar-refractivity contribution in [2.24, 2.45) is 0 Å². The number of methoxy groups -OCH3 is 1. The number of carbonyl (C=O) groups excluding carboxylic acids is 4. The Hall–Kier alpha value is -2.90. The second-order valence-electron chi connectivity index (χ2n) is 6.46. The molecule has 2 aliphatic rings. The highest BCUT2D eigenvalue weighted by Crippen LogP contribution is 2.34. The van der Waals surface area contributed by atoms with Crippen LogP contribution in [-0.2, 0) is 25.7 Å². The number of nitrogens with one attached hydrogen (secondary N) is 1. The molecule has 138 valence electrons. The molecule has 8 heteroatoms. The van der Waals surface area contributed by atoms with E-state index in [0.29, 0.717) is 24.0 Å². The molecule has 0 radical (unpaired) electrons. The molecule has 0 atom stereocenters. The van der Waals surface area contributed by atoms with Crippen LogP contribution < -0.4 is 5.32 Å². The fourth-order valence-corrected chi connectivity index (χ4v) is 3.33. The number of imide groups is 1. The standard InChI is InChI=1S/C18H20N2O6/c1-25-15(22)13-6-4-12(5-7-13)11-26-14(21)10-20-16(23)18(19-17(20)24)8-2-3-9-18/h4-7H,2-3,8-11H2,1H3,(H,19,24). The molecule has 1 saturated heterocycles. The summed E-state index contributed by atoms with van der Waals surface area (Å²) in [4.78, 5) is 48.8. The van der Waals surface area contributed by atoms with Gasteiger partial charge in [-0.25, -0.2) is 9.59 Å². The molecule has 1 spiro atoms. The Bertz CT molecular complexity index is 737. The molecule has 1 saturated carbocycles. The molecule has 0 unspecified atom stereocenters. The molecular weight excluding hydrogens is 340 g/mol. The van der Waals surface area contributed by atoms with Crippen molar-refractivity contribution in [1.29, 1.82) is 0 Å². The third-order valence-corrected chi connectivity index (χ3v) is 4.77. The Labute approximate surface area is 150 Å². The van der Waals surface area contributed by atoms with E-state index in [-0.39, 0.29) is 12.5 Å². The second kappa shape index (κ2) is 7.15. The minimum absolute atomic E-state index is 0.0188. The molecule has 1 aliphatic carbocycles. The Morgan fingerprint density at radius 3 is 2.42 bits per heavy atom. The summed E-state index contributed by atoms with van der Waals surface area (Å²) in [6, 6.07) is 5.87. The van der Waals surface area contributed by atoms with Gasteiger partial charge >= 0.3 is 18.0 Å². The summed E-state index contributed by atoms with van der Waals surface area (Å²) in [5, 5.41) is 2.72. The number of hydrogen-bond acceptors (Lipinski definition) is 6. The minimum Gasteiger partial charge on any atom is -0.465 e. The highest BCUT2D eigenvalue weighted by molar-refractivity contribution is 6.08. The zero-order valence-corrected chi connectivity index (χ0v) is 14.4. The first-order chi connectivity index (χ1) is 12.4. The zero-order chi connectivity index (χ0) is 18.7. The first kappa shape index (κ1) is 17.9. The van der Waals surface area contributed by atoms with E-state index >= 15 is 0 Å². The van der Waals surface area contributed by atoms with Gasteiger partial charge in [0.2, 0.25) is 0 Å². The van der Waals surface area contributed by atoms with Crippen LogP contribution in [0, 0.1) is 0 Å². The first-order valence-electron chi connectivity index (χ1n) is 8.42. The summed E-state index contributed by atoms with van der Waals surface area (Å²) >= 11 is 0. The summed E-state index contributed by atoms with van der Waals surface area (Å²) in [5.74, 6) is -1.46.